The van der Waals surface area contributed by atoms with E-state index in [4.69, 9.17) is 4.74 Å². The van der Waals surface area contributed by atoms with Crippen LogP contribution >= 0.6 is 0 Å². The molecule has 0 spiro atoms. The van der Waals surface area contributed by atoms with Crippen molar-refractivity contribution in [1.82, 2.24) is 4.90 Å². The van der Waals surface area contributed by atoms with Gasteiger partial charge in [-0.1, -0.05) is 36.4 Å². The van der Waals surface area contributed by atoms with Crippen molar-refractivity contribution < 1.29 is 14.6 Å². The Bertz CT molecular complexity index is 739. The van der Waals surface area contributed by atoms with E-state index in [0.717, 1.165) is 35.7 Å². The lowest BCUT2D eigenvalue weighted by molar-refractivity contribution is -0.143. The molecule has 0 aromatic heterocycles. The Kier molecular flexibility index (Phi) is 5.24. The minimum Gasteiger partial charge on any atom is -0.495 e. The third-order valence-electron chi connectivity index (χ3n) is 4.82. The van der Waals surface area contributed by atoms with Crippen molar-refractivity contribution in [2.75, 3.05) is 38.2 Å². The van der Waals surface area contributed by atoms with Crippen molar-refractivity contribution in [3.05, 3.63) is 59.7 Å². The second-order valence-corrected chi connectivity index (χ2v) is 6.29. The number of piperazine rings is 1. The van der Waals surface area contributed by atoms with Crippen molar-refractivity contribution in [3.63, 3.8) is 0 Å². The van der Waals surface area contributed by atoms with Crippen molar-refractivity contribution in [1.29, 1.82) is 0 Å². The lowest BCUT2D eigenvalue weighted by atomic mass is 9.99. The Balaban J connectivity index is 1.76. The summed E-state index contributed by atoms with van der Waals surface area (Å²) in [7, 11) is 1.67. The molecule has 0 bridgehead atoms. The number of carbonyl (C=O) groups is 1. The number of rotatable bonds is 5. The molecule has 2 aromatic carbocycles. The van der Waals surface area contributed by atoms with E-state index in [1.165, 1.54) is 0 Å². The average Bonchev–Trinajstić information content (AvgIpc) is 2.64. The van der Waals surface area contributed by atoms with Gasteiger partial charge in [0, 0.05) is 26.2 Å². The van der Waals surface area contributed by atoms with Gasteiger partial charge in [-0.15, -0.1) is 0 Å². The fourth-order valence-electron chi connectivity index (χ4n) is 3.49. The highest BCUT2D eigenvalue weighted by molar-refractivity contribution is 5.76. The number of anilines is 1. The van der Waals surface area contributed by atoms with Gasteiger partial charge in [0.25, 0.3) is 0 Å². The van der Waals surface area contributed by atoms with Crippen LogP contribution in [0.15, 0.2) is 48.5 Å². The third-order valence-corrected chi connectivity index (χ3v) is 4.82. The second-order valence-electron chi connectivity index (χ2n) is 6.29. The predicted octanol–water partition coefficient (Wildman–Crippen LogP) is 2.95. The smallest absolute Gasteiger partial charge is 0.325 e. The summed E-state index contributed by atoms with van der Waals surface area (Å²) in [4.78, 5) is 16.2. The zero-order valence-electron chi connectivity index (χ0n) is 14.7. The summed E-state index contributed by atoms with van der Waals surface area (Å²) >= 11 is 0. The van der Waals surface area contributed by atoms with Crippen LogP contribution in [0, 0.1) is 6.92 Å². The fourth-order valence-corrected chi connectivity index (χ4v) is 3.49. The molecule has 0 radical (unpaired) electrons. The maximum atomic E-state index is 11.9. The normalized spacial score (nSPS) is 16.5. The highest BCUT2D eigenvalue weighted by Crippen LogP contribution is 2.31. The molecule has 132 valence electrons. The lowest BCUT2D eigenvalue weighted by Crippen LogP contribution is -2.49. The molecule has 25 heavy (non-hydrogen) atoms. The van der Waals surface area contributed by atoms with E-state index in [9.17, 15) is 9.90 Å². The Hall–Kier alpha value is -2.53. The van der Waals surface area contributed by atoms with Crippen molar-refractivity contribution in [2.24, 2.45) is 0 Å². The molecule has 5 nitrogen and oxygen atoms in total. The van der Waals surface area contributed by atoms with Crippen LogP contribution < -0.4 is 9.64 Å². The van der Waals surface area contributed by atoms with Crippen LogP contribution in [0.3, 0.4) is 0 Å². The van der Waals surface area contributed by atoms with Crippen molar-refractivity contribution in [3.8, 4) is 5.75 Å². The second kappa shape index (κ2) is 7.57. The first-order valence-corrected chi connectivity index (χ1v) is 8.52. The molecule has 1 saturated heterocycles. The van der Waals surface area contributed by atoms with E-state index in [1.807, 2.05) is 55.5 Å². The number of methoxy groups -OCH3 is 1. The monoisotopic (exact) mass is 340 g/mol. The highest BCUT2D eigenvalue weighted by Gasteiger charge is 2.31. The number of aryl methyl sites for hydroxylation is 1. The molecule has 1 aliphatic rings. The Labute approximate surface area is 148 Å². The minimum atomic E-state index is -0.792. The van der Waals surface area contributed by atoms with Crippen LogP contribution in [-0.4, -0.2) is 49.3 Å². The summed E-state index contributed by atoms with van der Waals surface area (Å²) in [5.41, 5.74) is 2.95. The first-order valence-electron chi connectivity index (χ1n) is 8.52. The van der Waals surface area contributed by atoms with Gasteiger partial charge in [0.05, 0.1) is 12.8 Å². The largest absolute Gasteiger partial charge is 0.495 e. The van der Waals surface area contributed by atoms with Gasteiger partial charge in [-0.05, 0) is 30.2 Å². The van der Waals surface area contributed by atoms with E-state index >= 15 is 0 Å². The van der Waals surface area contributed by atoms with Gasteiger partial charge in [0.1, 0.15) is 11.8 Å². The molecule has 1 N–H and O–H groups in total. The first kappa shape index (κ1) is 17.3. The number of benzene rings is 2. The molecule has 5 heteroatoms. The summed E-state index contributed by atoms with van der Waals surface area (Å²) in [6.45, 7) is 4.91. The van der Waals surface area contributed by atoms with Crippen molar-refractivity contribution in [2.45, 2.75) is 13.0 Å². The fraction of sp³-hybridized carbons (Fsp3) is 0.350. The zero-order chi connectivity index (χ0) is 17.8. The molecule has 1 aliphatic heterocycles. The SMILES string of the molecule is COc1ccccc1N1CCN(C(C(=O)O)c2ccccc2C)CC1. The predicted molar refractivity (Wildman–Crippen MR) is 98.3 cm³/mol. The molecule has 3 rings (SSSR count). The molecule has 2 aromatic rings. The number of nitrogens with zero attached hydrogens (tertiary/aromatic N) is 2. The summed E-state index contributed by atoms with van der Waals surface area (Å²) < 4.78 is 5.45. The number of carboxylic acids is 1. The average molecular weight is 340 g/mol. The minimum absolute atomic E-state index is 0.596. The summed E-state index contributed by atoms with van der Waals surface area (Å²) in [5.74, 6) is 0.0599. The topological polar surface area (TPSA) is 53.0 Å². The standard InChI is InChI=1S/C20H24N2O3/c1-15-7-3-4-8-16(15)19(20(23)24)22-13-11-21(12-14-22)17-9-5-6-10-18(17)25-2/h3-10,19H,11-14H2,1-2H3,(H,23,24). The molecule has 0 aliphatic carbocycles. The summed E-state index contributed by atoms with van der Waals surface area (Å²) in [6, 6.07) is 15.1. The number of hydrogen-bond donors (Lipinski definition) is 1. The van der Waals surface area contributed by atoms with E-state index in [-0.39, 0.29) is 0 Å². The van der Waals surface area contributed by atoms with E-state index in [2.05, 4.69) is 9.80 Å². The zero-order valence-corrected chi connectivity index (χ0v) is 14.7. The molecule has 1 heterocycles. The van der Waals surface area contributed by atoms with Gasteiger partial charge < -0.3 is 14.7 Å². The molecule has 1 fully saturated rings. The Morgan fingerprint density at radius 1 is 1.04 bits per heavy atom. The molecule has 0 amide bonds. The van der Waals surface area contributed by atoms with Gasteiger partial charge in [-0.25, -0.2) is 0 Å². The molecular formula is C20H24N2O3. The number of aliphatic carboxylic acids is 1. The van der Waals surface area contributed by atoms with E-state index in [1.54, 1.807) is 7.11 Å². The van der Waals surface area contributed by atoms with Crippen LogP contribution in [0.1, 0.15) is 17.2 Å². The quantitative estimate of drug-likeness (QED) is 0.907. The van der Waals surface area contributed by atoms with Gasteiger partial charge in [0.15, 0.2) is 0 Å². The Morgan fingerprint density at radius 3 is 2.32 bits per heavy atom. The lowest BCUT2D eigenvalue weighted by Gasteiger charge is -2.39. The van der Waals surface area contributed by atoms with Crippen LogP contribution in [0.5, 0.6) is 5.75 Å². The van der Waals surface area contributed by atoms with Crippen LogP contribution in [0.2, 0.25) is 0 Å². The van der Waals surface area contributed by atoms with Gasteiger partial charge in [-0.2, -0.15) is 0 Å². The molecule has 0 saturated carbocycles. The number of ether oxygens (including phenoxy) is 1. The Morgan fingerprint density at radius 2 is 1.68 bits per heavy atom. The van der Waals surface area contributed by atoms with Crippen LogP contribution in [-0.2, 0) is 4.79 Å². The van der Waals surface area contributed by atoms with Gasteiger partial charge in [0.2, 0.25) is 0 Å². The van der Waals surface area contributed by atoms with Gasteiger partial charge >= 0.3 is 5.97 Å². The van der Waals surface area contributed by atoms with E-state index < -0.39 is 12.0 Å². The number of para-hydroxylation sites is 2. The molecular weight excluding hydrogens is 316 g/mol. The van der Waals surface area contributed by atoms with Crippen LogP contribution in [0.4, 0.5) is 5.69 Å². The maximum Gasteiger partial charge on any atom is 0.325 e. The first-order chi connectivity index (χ1) is 12.1. The molecule has 1 unspecified atom stereocenters. The molecule has 1 atom stereocenters. The summed E-state index contributed by atoms with van der Waals surface area (Å²) in [5, 5.41) is 9.79. The maximum absolute atomic E-state index is 11.9. The van der Waals surface area contributed by atoms with Crippen molar-refractivity contribution >= 4 is 11.7 Å². The third kappa shape index (κ3) is 3.61. The summed E-state index contributed by atoms with van der Waals surface area (Å²) in [6.07, 6.45) is 0. The van der Waals surface area contributed by atoms with Gasteiger partial charge in [-0.3, -0.25) is 9.69 Å². The highest BCUT2D eigenvalue weighted by atomic mass is 16.5. The number of carboxylic acid groups (broad SMARTS) is 1. The van der Waals surface area contributed by atoms with Crippen LogP contribution in [0.25, 0.3) is 0 Å². The number of hydrogen-bond acceptors (Lipinski definition) is 4. The van der Waals surface area contributed by atoms with E-state index in [0.29, 0.717) is 13.1 Å².